The monoisotopic (exact) mass is 351 g/mol. The van der Waals surface area contributed by atoms with Crippen LogP contribution in [0.25, 0.3) is 22.3 Å². The van der Waals surface area contributed by atoms with Crippen LogP contribution >= 0.6 is 11.3 Å². The van der Waals surface area contributed by atoms with Gasteiger partial charge >= 0.3 is 6.03 Å². The van der Waals surface area contributed by atoms with Gasteiger partial charge in [-0.25, -0.2) is 14.8 Å². The summed E-state index contributed by atoms with van der Waals surface area (Å²) < 4.78 is 0. The highest BCUT2D eigenvalue weighted by Crippen LogP contribution is 2.29. The van der Waals surface area contributed by atoms with Crippen molar-refractivity contribution in [2.45, 2.75) is 0 Å². The van der Waals surface area contributed by atoms with Gasteiger partial charge in [0.15, 0.2) is 5.65 Å². The Morgan fingerprint density at radius 1 is 1.08 bits per heavy atom. The zero-order chi connectivity index (χ0) is 17.2. The predicted molar refractivity (Wildman–Crippen MR) is 98.5 cm³/mol. The Kier molecular flexibility index (Phi) is 3.75. The van der Waals surface area contributed by atoms with E-state index >= 15 is 0 Å². The SMILES string of the molecule is Nc1ncnc2n[nH]c(-c3ccc(NC(=O)Nc4ccsc4)cc3)c12. The third kappa shape index (κ3) is 3.00. The van der Waals surface area contributed by atoms with E-state index in [1.807, 2.05) is 29.0 Å². The first-order valence-electron chi connectivity index (χ1n) is 7.36. The van der Waals surface area contributed by atoms with Crippen LogP contribution in [0.1, 0.15) is 0 Å². The number of H-pyrrole nitrogens is 1. The summed E-state index contributed by atoms with van der Waals surface area (Å²) in [6.07, 6.45) is 1.38. The number of carbonyl (C=O) groups excluding carboxylic acids is 1. The molecule has 0 aliphatic carbocycles. The second-order valence-electron chi connectivity index (χ2n) is 5.22. The normalized spacial score (nSPS) is 10.7. The van der Waals surface area contributed by atoms with Gasteiger partial charge in [0.1, 0.15) is 12.1 Å². The molecule has 0 radical (unpaired) electrons. The number of nitrogens with two attached hydrogens (primary N) is 1. The molecule has 0 atom stereocenters. The molecule has 4 aromatic rings. The van der Waals surface area contributed by atoms with E-state index in [-0.39, 0.29) is 6.03 Å². The number of nitrogen functional groups attached to an aromatic ring is 1. The molecule has 0 spiro atoms. The summed E-state index contributed by atoms with van der Waals surface area (Å²) in [4.78, 5) is 20.0. The summed E-state index contributed by atoms with van der Waals surface area (Å²) in [5.41, 5.74) is 9.48. The fourth-order valence-electron chi connectivity index (χ4n) is 2.44. The lowest BCUT2D eigenvalue weighted by Crippen LogP contribution is -2.18. The topological polar surface area (TPSA) is 122 Å². The number of amides is 2. The standard InChI is InChI=1S/C16H13N7OS/c17-14-12-13(22-23-15(12)19-8-18-14)9-1-3-10(4-2-9)20-16(24)21-11-5-6-25-7-11/h1-8H,(H2,20,21,24)(H3,17,18,19,22,23). The number of urea groups is 1. The Labute approximate surface area is 146 Å². The summed E-state index contributed by atoms with van der Waals surface area (Å²) in [5, 5.41) is 17.0. The largest absolute Gasteiger partial charge is 0.383 e. The molecule has 25 heavy (non-hydrogen) atoms. The van der Waals surface area contributed by atoms with Crippen LogP contribution in [0.3, 0.4) is 0 Å². The first-order chi connectivity index (χ1) is 12.2. The molecule has 5 N–H and O–H groups in total. The van der Waals surface area contributed by atoms with Crippen molar-refractivity contribution in [1.82, 2.24) is 20.2 Å². The van der Waals surface area contributed by atoms with Crippen LogP contribution in [0.4, 0.5) is 22.0 Å². The van der Waals surface area contributed by atoms with Crippen molar-refractivity contribution < 1.29 is 4.79 Å². The van der Waals surface area contributed by atoms with E-state index < -0.39 is 0 Å². The van der Waals surface area contributed by atoms with Crippen molar-refractivity contribution in [2.24, 2.45) is 0 Å². The lowest BCUT2D eigenvalue weighted by Gasteiger charge is -2.07. The predicted octanol–water partition coefficient (Wildman–Crippen LogP) is 3.31. The number of hydrogen-bond donors (Lipinski definition) is 4. The molecule has 2 amide bonds. The van der Waals surface area contributed by atoms with Crippen LogP contribution in [0.5, 0.6) is 0 Å². The van der Waals surface area contributed by atoms with Gasteiger partial charge in [-0.1, -0.05) is 12.1 Å². The Balaban J connectivity index is 1.54. The number of fused-ring (bicyclic) bond motifs is 1. The van der Waals surface area contributed by atoms with Gasteiger partial charge in [-0.15, -0.1) is 0 Å². The van der Waals surface area contributed by atoms with Crippen molar-refractivity contribution in [2.75, 3.05) is 16.4 Å². The van der Waals surface area contributed by atoms with E-state index in [9.17, 15) is 4.79 Å². The molecular weight excluding hydrogens is 338 g/mol. The maximum atomic E-state index is 11.9. The number of thiophene rings is 1. The Morgan fingerprint density at radius 2 is 1.88 bits per heavy atom. The minimum Gasteiger partial charge on any atom is -0.383 e. The van der Waals surface area contributed by atoms with Crippen LogP contribution in [0.15, 0.2) is 47.4 Å². The summed E-state index contributed by atoms with van der Waals surface area (Å²) >= 11 is 1.52. The highest BCUT2D eigenvalue weighted by Gasteiger charge is 2.12. The average Bonchev–Trinajstić information content (AvgIpc) is 3.26. The molecule has 9 heteroatoms. The Morgan fingerprint density at radius 3 is 2.64 bits per heavy atom. The number of hydrogen-bond acceptors (Lipinski definition) is 6. The average molecular weight is 351 g/mol. The second kappa shape index (κ2) is 6.21. The number of benzene rings is 1. The molecular formula is C16H13N7OS. The van der Waals surface area contributed by atoms with E-state index in [1.165, 1.54) is 17.7 Å². The molecule has 0 aliphatic rings. The third-order valence-corrected chi connectivity index (χ3v) is 4.27. The van der Waals surface area contributed by atoms with E-state index in [4.69, 9.17) is 5.73 Å². The van der Waals surface area contributed by atoms with Gasteiger partial charge in [0.25, 0.3) is 0 Å². The minimum absolute atomic E-state index is 0.296. The summed E-state index contributed by atoms with van der Waals surface area (Å²) in [6.45, 7) is 0. The molecule has 0 aliphatic heterocycles. The van der Waals surface area contributed by atoms with E-state index in [1.54, 1.807) is 12.1 Å². The van der Waals surface area contributed by atoms with Crippen molar-refractivity contribution in [3.8, 4) is 11.3 Å². The molecule has 0 saturated carbocycles. The van der Waals surface area contributed by atoms with Crippen molar-refractivity contribution in [1.29, 1.82) is 0 Å². The van der Waals surface area contributed by atoms with Crippen LogP contribution in [-0.4, -0.2) is 26.2 Å². The van der Waals surface area contributed by atoms with E-state index in [2.05, 4.69) is 30.8 Å². The lowest BCUT2D eigenvalue weighted by molar-refractivity contribution is 0.262. The van der Waals surface area contributed by atoms with Gasteiger partial charge in [-0.05, 0) is 23.6 Å². The number of nitrogens with one attached hydrogen (secondary N) is 3. The fourth-order valence-corrected chi connectivity index (χ4v) is 3.02. The van der Waals surface area contributed by atoms with Gasteiger partial charge < -0.3 is 16.4 Å². The van der Waals surface area contributed by atoms with Crippen molar-refractivity contribution in [3.63, 3.8) is 0 Å². The number of aromatic nitrogens is 4. The Bertz CT molecular complexity index is 1020. The zero-order valence-corrected chi connectivity index (χ0v) is 13.7. The van der Waals surface area contributed by atoms with Gasteiger partial charge in [0.2, 0.25) is 0 Å². The number of aromatic amines is 1. The smallest absolute Gasteiger partial charge is 0.323 e. The third-order valence-electron chi connectivity index (χ3n) is 3.59. The second-order valence-corrected chi connectivity index (χ2v) is 6.00. The molecule has 4 rings (SSSR count). The minimum atomic E-state index is -0.296. The first-order valence-corrected chi connectivity index (χ1v) is 8.30. The molecule has 1 aromatic carbocycles. The van der Waals surface area contributed by atoms with Crippen molar-refractivity contribution >= 4 is 45.6 Å². The summed E-state index contributed by atoms with van der Waals surface area (Å²) in [5.74, 6) is 0.367. The van der Waals surface area contributed by atoms with Crippen LogP contribution in [-0.2, 0) is 0 Å². The maximum absolute atomic E-state index is 11.9. The highest BCUT2D eigenvalue weighted by atomic mass is 32.1. The fraction of sp³-hybridized carbons (Fsp3) is 0. The van der Waals surface area contributed by atoms with E-state index in [0.717, 1.165) is 16.9 Å². The van der Waals surface area contributed by atoms with Gasteiger partial charge in [-0.3, -0.25) is 5.10 Å². The lowest BCUT2D eigenvalue weighted by atomic mass is 10.1. The van der Waals surface area contributed by atoms with Crippen molar-refractivity contribution in [3.05, 3.63) is 47.4 Å². The molecule has 0 saturated heterocycles. The van der Waals surface area contributed by atoms with Gasteiger partial charge in [0, 0.05) is 16.6 Å². The van der Waals surface area contributed by atoms with Crippen LogP contribution < -0.4 is 16.4 Å². The highest BCUT2D eigenvalue weighted by molar-refractivity contribution is 7.08. The summed E-state index contributed by atoms with van der Waals surface area (Å²) in [6, 6.07) is 8.86. The molecule has 3 aromatic heterocycles. The number of anilines is 3. The number of rotatable bonds is 3. The van der Waals surface area contributed by atoms with Crippen LogP contribution in [0.2, 0.25) is 0 Å². The quantitative estimate of drug-likeness (QED) is 0.451. The molecule has 124 valence electrons. The molecule has 0 fully saturated rings. The van der Waals surface area contributed by atoms with Gasteiger partial charge in [0.05, 0.1) is 16.8 Å². The Hall–Kier alpha value is -3.46. The maximum Gasteiger partial charge on any atom is 0.323 e. The molecule has 3 heterocycles. The number of nitrogens with zero attached hydrogens (tertiary/aromatic N) is 3. The molecule has 0 bridgehead atoms. The van der Waals surface area contributed by atoms with Gasteiger partial charge in [-0.2, -0.15) is 16.4 Å². The zero-order valence-electron chi connectivity index (χ0n) is 12.9. The summed E-state index contributed by atoms with van der Waals surface area (Å²) in [7, 11) is 0. The molecule has 8 nitrogen and oxygen atoms in total. The van der Waals surface area contributed by atoms with E-state index in [0.29, 0.717) is 22.5 Å². The first kappa shape index (κ1) is 15.1. The molecule has 0 unspecified atom stereocenters. The number of carbonyl (C=O) groups is 1. The van der Waals surface area contributed by atoms with Crippen LogP contribution in [0, 0.1) is 0 Å².